The van der Waals surface area contributed by atoms with Gasteiger partial charge in [0.05, 0.1) is 0 Å². The van der Waals surface area contributed by atoms with Crippen LogP contribution in [0.3, 0.4) is 0 Å². The lowest BCUT2D eigenvalue weighted by molar-refractivity contribution is 0.125. The number of para-hydroxylation sites is 2. The predicted octanol–water partition coefficient (Wildman–Crippen LogP) is 4.18. The van der Waals surface area contributed by atoms with Gasteiger partial charge in [-0.05, 0) is 38.1 Å². The number of carbonyl (C=O) groups excluding carboxylic acids is 1. The first-order valence-electron chi connectivity index (χ1n) is 8.86. The fraction of sp³-hybridized carbons (Fsp3) is 0.350. The molecule has 2 aromatic carbocycles. The summed E-state index contributed by atoms with van der Waals surface area (Å²) in [6.45, 7) is 7.15. The quantitative estimate of drug-likeness (QED) is 0.893. The number of hydrogen-bond donors (Lipinski definition) is 1. The number of hydrogen-bond acceptors (Lipinski definition) is 3. The largest absolute Gasteiger partial charge is 0.455 e. The molecule has 0 aliphatic carbocycles. The van der Waals surface area contributed by atoms with Crippen molar-refractivity contribution in [1.29, 1.82) is 0 Å². The van der Waals surface area contributed by atoms with Gasteiger partial charge < -0.3 is 15.0 Å². The van der Waals surface area contributed by atoms with Gasteiger partial charge in [-0.2, -0.15) is 0 Å². The van der Waals surface area contributed by atoms with Crippen molar-refractivity contribution in [3.63, 3.8) is 0 Å². The maximum Gasteiger partial charge on any atom is 0.322 e. The first kappa shape index (κ1) is 18.2. The minimum atomic E-state index is -0.521. The average molecular weight is 357 g/mol. The Hall–Kier alpha value is -2.60. The molecule has 0 atom stereocenters. The Kier molecular flexibility index (Phi) is 5.73. The van der Waals surface area contributed by atoms with Gasteiger partial charge in [0, 0.05) is 32.2 Å². The smallest absolute Gasteiger partial charge is 0.322 e. The van der Waals surface area contributed by atoms with Crippen molar-refractivity contribution < 1.29 is 13.9 Å². The number of ether oxygens (including phenoxy) is 1. The van der Waals surface area contributed by atoms with Crippen molar-refractivity contribution in [1.82, 2.24) is 9.80 Å². The molecular formula is C20H24FN3O2. The molecule has 0 spiro atoms. The van der Waals surface area contributed by atoms with E-state index in [-0.39, 0.29) is 17.5 Å². The van der Waals surface area contributed by atoms with E-state index >= 15 is 0 Å². The number of benzene rings is 2. The summed E-state index contributed by atoms with van der Waals surface area (Å²) in [5.74, 6) is 0.345. The number of rotatable bonds is 4. The molecule has 0 aromatic heterocycles. The first-order valence-corrected chi connectivity index (χ1v) is 8.86. The number of anilines is 1. The van der Waals surface area contributed by atoms with E-state index in [1.807, 2.05) is 18.2 Å². The molecule has 2 amide bonds. The van der Waals surface area contributed by atoms with Crippen molar-refractivity contribution in [3.8, 4) is 11.5 Å². The summed E-state index contributed by atoms with van der Waals surface area (Å²) in [6, 6.07) is 13.8. The summed E-state index contributed by atoms with van der Waals surface area (Å²) in [7, 11) is 0. The Morgan fingerprint density at radius 3 is 2.38 bits per heavy atom. The van der Waals surface area contributed by atoms with Crippen LogP contribution in [-0.2, 0) is 0 Å². The molecule has 1 N–H and O–H groups in total. The van der Waals surface area contributed by atoms with Gasteiger partial charge in [0.2, 0.25) is 0 Å². The lowest BCUT2D eigenvalue weighted by atomic mass is 10.2. The molecule has 0 bridgehead atoms. The third-order valence-electron chi connectivity index (χ3n) is 4.51. The second-order valence-electron chi connectivity index (χ2n) is 6.58. The Bertz CT molecular complexity index is 744. The summed E-state index contributed by atoms with van der Waals surface area (Å²) in [4.78, 5) is 16.6. The molecule has 0 saturated carbocycles. The highest BCUT2D eigenvalue weighted by Gasteiger charge is 2.24. The lowest BCUT2D eigenvalue weighted by Crippen LogP contribution is -2.51. The van der Waals surface area contributed by atoms with Gasteiger partial charge in [-0.15, -0.1) is 0 Å². The van der Waals surface area contributed by atoms with Gasteiger partial charge >= 0.3 is 6.03 Å². The Morgan fingerprint density at radius 1 is 1.04 bits per heavy atom. The molecule has 0 radical (unpaired) electrons. The van der Waals surface area contributed by atoms with E-state index < -0.39 is 5.82 Å². The van der Waals surface area contributed by atoms with Crippen LogP contribution in [0.2, 0.25) is 0 Å². The number of nitrogens with one attached hydrogen (secondary N) is 1. The Balaban J connectivity index is 1.70. The number of piperazine rings is 1. The topological polar surface area (TPSA) is 44.8 Å². The van der Waals surface area contributed by atoms with Crippen molar-refractivity contribution in [2.24, 2.45) is 0 Å². The molecule has 1 saturated heterocycles. The van der Waals surface area contributed by atoms with Crippen LogP contribution in [0.4, 0.5) is 14.9 Å². The highest BCUT2D eigenvalue weighted by Crippen LogP contribution is 2.32. The van der Waals surface area contributed by atoms with Crippen LogP contribution in [0, 0.1) is 5.82 Å². The molecule has 6 heteroatoms. The second-order valence-corrected chi connectivity index (χ2v) is 6.58. The van der Waals surface area contributed by atoms with Crippen LogP contribution in [0.1, 0.15) is 13.8 Å². The maximum atomic E-state index is 14.3. The molecule has 1 fully saturated rings. The molecule has 1 heterocycles. The monoisotopic (exact) mass is 357 g/mol. The van der Waals surface area contributed by atoms with Crippen LogP contribution in [0.15, 0.2) is 48.5 Å². The second kappa shape index (κ2) is 8.19. The Labute approximate surface area is 153 Å². The molecule has 138 valence electrons. The molecule has 1 aliphatic heterocycles. The molecule has 2 aromatic rings. The van der Waals surface area contributed by atoms with Gasteiger partial charge in [-0.25, -0.2) is 9.18 Å². The highest BCUT2D eigenvalue weighted by molar-refractivity contribution is 5.91. The Morgan fingerprint density at radius 2 is 1.73 bits per heavy atom. The minimum absolute atomic E-state index is 0.0626. The van der Waals surface area contributed by atoms with E-state index in [9.17, 15) is 9.18 Å². The maximum absolute atomic E-state index is 14.3. The van der Waals surface area contributed by atoms with E-state index in [0.717, 1.165) is 13.1 Å². The highest BCUT2D eigenvalue weighted by atomic mass is 19.1. The predicted molar refractivity (Wildman–Crippen MR) is 100 cm³/mol. The first-order chi connectivity index (χ1) is 12.5. The summed E-state index contributed by atoms with van der Waals surface area (Å²) in [6.07, 6.45) is 0. The molecule has 26 heavy (non-hydrogen) atoms. The van der Waals surface area contributed by atoms with Gasteiger partial charge in [-0.1, -0.05) is 24.3 Å². The summed E-state index contributed by atoms with van der Waals surface area (Å²) in [5.41, 5.74) is 0.0626. The van der Waals surface area contributed by atoms with Crippen molar-refractivity contribution in [2.75, 3.05) is 31.5 Å². The lowest BCUT2D eigenvalue weighted by Gasteiger charge is -2.36. The molecule has 5 nitrogen and oxygen atoms in total. The normalized spacial score (nSPS) is 15.2. The van der Waals surface area contributed by atoms with Gasteiger partial charge in [0.25, 0.3) is 0 Å². The number of amides is 2. The van der Waals surface area contributed by atoms with Crippen molar-refractivity contribution >= 4 is 11.7 Å². The number of urea groups is 1. The molecular weight excluding hydrogens is 333 g/mol. The molecule has 3 rings (SSSR count). The van der Waals surface area contributed by atoms with E-state index in [1.54, 1.807) is 29.2 Å². The van der Waals surface area contributed by atoms with Crippen LogP contribution in [0.5, 0.6) is 11.5 Å². The van der Waals surface area contributed by atoms with Gasteiger partial charge in [0.1, 0.15) is 11.4 Å². The summed E-state index contributed by atoms with van der Waals surface area (Å²) >= 11 is 0. The van der Waals surface area contributed by atoms with E-state index in [2.05, 4.69) is 24.1 Å². The third kappa shape index (κ3) is 4.32. The van der Waals surface area contributed by atoms with Crippen molar-refractivity contribution in [2.45, 2.75) is 19.9 Å². The van der Waals surface area contributed by atoms with Crippen LogP contribution < -0.4 is 10.1 Å². The van der Waals surface area contributed by atoms with E-state index in [1.165, 1.54) is 6.07 Å². The SMILES string of the molecule is CC(C)N1CCN(C(=O)Nc2c(F)cccc2Oc2ccccc2)CC1. The van der Waals surface area contributed by atoms with Crippen LogP contribution >= 0.6 is 0 Å². The zero-order chi connectivity index (χ0) is 18.5. The van der Waals surface area contributed by atoms with Gasteiger partial charge in [0.15, 0.2) is 11.6 Å². The third-order valence-corrected chi connectivity index (χ3v) is 4.51. The summed E-state index contributed by atoms with van der Waals surface area (Å²) < 4.78 is 20.1. The number of carbonyl (C=O) groups is 1. The molecule has 0 unspecified atom stereocenters. The summed E-state index contributed by atoms with van der Waals surface area (Å²) in [5, 5.41) is 2.68. The van der Waals surface area contributed by atoms with E-state index in [0.29, 0.717) is 24.9 Å². The number of nitrogens with zero attached hydrogens (tertiary/aromatic N) is 2. The molecule has 1 aliphatic rings. The van der Waals surface area contributed by atoms with Gasteiger partial charge in [-0.3, -0.25) is 4.90 Å². The average Bonchev–Trinajstić information content (AvgIpc) is 2.65. The van der Waals surface area contributed by atoms with Crippen molar-refractivity contribution in [3.05, 3.63) is 54.3 Å². The van der Waals surface area contributed by atoms with Crippen LogP contribution in [0.25, 0.3) is 0 Å². The fourth-order valence-electron chi connectivity index (χ4n) is 2.95. The number of halogens is 1. The zero-order valence-electron chi connectivity index (χ0n) is 15.1. The van der Waals surface area contributed by atoms with Crippen LogP contribution in [-0.4, -0.2) is 48.1 Å². The minimum Gasteiger partial charge on any atom is -0.455 e. The fourth-order valence-corrected chi connectivity index (χ4v) is 2.95. The zero-order valence-corrected chi connectivity index (χ0v) is 15.1. The standard InChI is InChI=1S/C20H24FN3O2/c1-15(2)23-11-13-24(14-12-23)20(25)22-19-17(21)9-6-10-18(19)26-16-7-4-3-5-8-16/h3-10,15H,11-14H2,1-2H3,(H,22,25). The van der Waals surface area contributed by atoms with E-state index in [4.69, 9.17) is 4.74 Å².